The number of anilines is 1. The van der Waals surface area contributed by atoms with Gasteiger partial charge in [0.25, 0.3) is 5.69 Å². The van der Waals surface area contributed by atoms with Gasteiger partial charge in [0.1, 0.15) is 0 Å². The highest BCUT2D eigenvalue weighted by atomic mass is 16.6. The molecule has 0 atom stereocenters. The lowest BCUT2D eigenvalue weighted by Gasteiger charge is -2.10. The number of hydrogen-bond donors (Lipinski definition) is 1. The maximum absolute atomic E-state index is 10.6. The van der Waals surface area contributed by atoms with Gasteiger partial charge in [0.05, 0.1) is 4.92 Å². The largest absolute Gasteiger partial charge is 0.381 e. The summed E-state index contributed by atoms with van der Waals surface area (Å²) in [6.07, 6.45) is 0. The first kappa shape index (κ1) is 13.1. The number of non-ortho nitro benzene ring substituents is 1. The second kappa shape index (κ2) is 5.52. The van der Waals surface area contributed by atoms with Gasteiger partial charge in [-0.25, -0.2) is 0 Å². The lowest BCUT2D eigenvalue weighted by atomic mass is 10.0. The SMILES string of the molecule is Cc1cccc(CNc2ccc([N+](=O)[O-])cc2)c1C. The molecule has 98 valence electrons. The predicted octanol–water partition coefficient (Wildman–Crippen LogP) is 3.82. The molecular weight excluding hydrogens is 240 g/mol. The van der Waals surface area contributed by atoms with E-state index in [2.05, 4.69) is 31.3 Å². The smallest absolute Gasteiger partial charge is 0.269 e. The zero-order valence-corrected chi connectivity index (χ0v) is 11.0. The Labute approximate surface area is 112 Å². The van der Waals surface area contributed by atoms with Gasteiger partial charge in [-0.3, -0.25) is 10.1 Å². The number of nitro groups is 1. The van der Waals surface area contributed by atoms with Crippen molar-refractivity contribution < 1.29 is 4.92 Å². The molecule has 0 aliphatic heterocycles. The average Bonchev–Trinajstić information content (AvgIpc) is 2.41. The molecule has 0 saturated carbocycles. The van der Waals surface area contributed by atoms with E-state index < -0.39 is 4.92 Å². The van der Waals surface area contributed by atoms with E-state index in [9.17, 15) is 10.1 Å². The number of nitrogens with one attached hydrogen (secondary N) is 1. The molecule has 0 aromatic heterocycles. The molecule has 0 aliphatic rings. The average molecular weight is 256 g/mol. The standard InChI is InChI=1S/C15H16N2O2/c1-11-4-3-5-13(12(11)2)10-16-14-6-8-15(9-7-14)17(18)19/h3-9,16H,10H2,1-2H3. The topological polar surface area (TPSA) is 55.2 Å². The van der Waals surface area contributed by atoms with Gasteiger partial charge < -0.3 is 5.32 Å². The summed E-state index contributed by atoms with van der Waals surface area (Å²) >= 11 is 0. The van der Waals surface area contributed by atoms with E-state index in [-0.39, 0.29) is 5.69 Å². The first-order chi connectivity index (χ1) is 9.08. The lowest BCUT2D eigenvalue weighted by Crippen LogP contribution is -2.02. The predicted molar refractivity (Wildman–Crippen MR) is 76.3 cm³/mol. The van der Waals surface area contributed by atoms with Crippen LogP contribution < -0.4 is 5.32 Å². The molecule has 0 aliphatic carbocycles. The maximum atomic E-state index is 10.6. The second-order valence-electron chi connectivity index (χ2n) is 4.52. The van der Waals surface area contributed by atoms with Crippen molar-refractivity contribution in [2.24, 2.45) is 0 Å². The van der Waals surface area contributed by atoms with Crippen LogP contribution in [0.4, 0.5) is 11.4 Å². The highest BCUT2D eigenvalue weighted by Gasteiger charge is 2.04. The molecule has 0 saturated heterocycles. The van der Waals surface area contributed by atoms with Crippen LogP contribution in [-0.4, -0.2) is 4.92 Å². The van der Waals surface area contributed by atoms with Gasteiger partial charge in [0.2, 0.25) is 0 Å². The summed E-state index contributed by atoms with van der Waals surface area (Å²) in [5.41, 5.74) is 4.77. The van der Waals surface area contributed by atoms with Crippen LogP contribution in [0, 0.1) is 24.0 Å². The number of nitrogens with zero attached hydrogens (tertiary/aromatic N) is 1. The van der Waals surface area contributed by atoms with E-state index in [1.807, 2.05) is 6.07 Å². The van der Waals surface area contributed by atoms with Crippen LogP contribution in [-0.2, 0) is 6.54 Å². The van der Waals surface area contributed by atoms with E-state index in [1.165, 1.54) is 28.8 Å². The third-order valence-corrected chi connectivity index (χ3v) is 3.28. The molecule has 0 heterocycles. The number of aryl methyl sites for hydroxylation is 1. The molecule has 0 amide bonds. The molecule has 4 nitrogen and oxygen atoms in total. The monoisotopic (exact) mass is 256 g/mol. The summed E-state index contributed by atoms with van der Waals surface area (Å²) in [5.74, 6) is 0. The molecule has 0 unspecified atom stereocenters. The van der Waals surface area contributed by atoms with Gasteiger partial charge in [-0.15, -0.1) is 0 Å². The normalized spacial score (nSPS) is 10.2. The van der Waals surface area contributed by atoms with Gasteiger partial charge in [0, 0.05) is 24.4 Å². The molecule has 0 fully saturated rings. The van der Waals surface area contributed by atoms with Crippen LogP contribution in [0.5, 0.6) is 0 Å². The molecule has 1 N–H and O–H groups in total. The number of rotatable bonds is 4. The van der Waals surface area contributed by atoms with E-state index >= 15 is 0 Å². The first-order valence-corrected chi connectivity index (χ1v) is 6.11. The van der Waals surface area contributed by atoms with Crippen molar-refractivity contribution in [3.8, 4) is 0 Å². The van der Waals surface area contributed by atoms with E-state index in [1.54, 1.807) is 12.1 Å². The molecule has 2 rings (SSSR count). The summed E-state index contributed by atoms with van der Waals surface area (Å²) < 4.78 is 0. The summed E-state index contributed by atoms with van der Waals surface area (Å²) in [6.45, 7) is 4.90. The first-order valence-electron chi connectivity index (χ1n) is 6.11. The maximum Gasteiger partial charge on any atom is 0.269 e. The van der Waals surface area contributed by atoms with Crippen molar-refractivity contribution in [1.82, 2.24) is 0 Å². The Bertz CT molecular complexity index is 592. The van der Waals surface area contributed by atoms with Crippen molar-refractivity contribution in [1.29, 1.82) is 0 Å². The van der Waals surface area contributed by atoms with Crippen molar-refractivity contribution >= 4 is 11.4 Å². The van der Waals surface area contributed by atoms with Gasteiger partial charge in [-0.05, 0) is 42.7 Å². The molecule has 0 radical (unpaired) electrons. The minimum absolute atomic E-state index is 0.109. The summed E-state index contributed by atoms with van der Waals surface area (Å²) in [5, 5.41) is 13.8. The van der Waals surface area contributed by atoms with Crippen molar-refractivity contribution in [2.75, 3.05) is 5.32 Å². The lowest BCUT2D eigenvalue weighted by molar-refractivity contribution is -0.384. The van der Waals surface area contributed by atoms with Crippen LogP contribution in [0.25, 0.3) is 0 Å². The van der Waals surface area contributed by atoms with Gasteiger partial charge in [-0.1, -0.05) is 18.2 Å². The Kier molecular flexibility index (Phi) is 3.80. The fourth-order valence-corrected chi connectivity index (χ4v) is 1.90. The van der Waals surface area contributed by atoms with Gasteiger partial charge in [0.15, 0.2) is 0 Å². The number of hydrogen-bond acceptors (Lipinski definition) is 3. The van der Waals surface area contributed by atoms with Crippen LogP contribution in [0.2, 0.25) is 0 Å². The third kappa shape index (κ3) is 3.10. The molecule has 0 bridgehead atoms. The summed E-state index contributed by atoms with van der Waals surface area (Å²) in [6, 6.07) is 12.7. The number of benzene rings is 2. The van der Waals surface area contributed by atoms with Crippen LogP contribution >= 0.6 is 0 Å². The molecular formula is C15H16N2O2. The molecule has 2 aromatic rings. The van der Waals surface area contributed by atoms with Gasteiger partial charge in [-0.2, -0.15) is 0 Å². The Hall–Kier alpha value is -2.36. The molecule has 4 heteroatoms. The highest BCUT2D eigenvalue weighted by Crippen LogP contribution is 2.18. The van der Waals surface area contributed by atoms with Crippen LogP contribution in [0.1, 0.15) is 16.7 Å². The zero-order chi connectivity index (χ0) is 13.8. The van der Waals surface area contributed by atoms with Crippen molar-refractivity contribution in [3.05, 3.63) is 69.3 Å². The minimum Gasteiger partial charge on any atom is -0.381 e. The van der Waals surface area contributed by atoms with E-state index in [0.717, 1.165) is 5.69 Å². The van der Waals surface area contributed by atoms with E-state index in [0.29, 0.717) is 6.54 Å². The third-order valence-electron chi connectivity index (χ3n) is 3.28. The van der Waals surface area contributed by atoms with Crippen molar-refractivity contribution in [3.63, 3.8) is 0 Å². The fourth-order valence-electron chi connectivity index (χ4n) is 1.90. The highest BCUT2D eigenvalue weighted by molar-refractivity contribution is 5.49. The van der Waals surface area contributed by atoms with Crippen molar-refractivity contribution in [2.45, 2.75) is 20.4 Å². The second-order valence-corrected chi connectivity index (χ2v) is 4.52. The zero-order valence-electron chi connectivity index (χ0n) is 11.0. The Morgan fingerprint density at radius 2 is 1.79 bits per heavy atom. The van der Waals surface area contributed by atoms with Gasteiger partial charge >= 0.3 is 0 Å². The number of nitro benzene ring substituents is 1. The summed E-state index contributed by atoms with van der Waals surface area (Å²) in [4.78, 5) is 10.2. The van der Waals surface area contributed by atoms with E-state index in [4.69, 9.17) is 0 Å². The molecule has 19 heavy (non-hydrogen) atoms. The summed E-state index contributed by atoms with van der Waals surface area (Å²) in [7, 11) is 0. The molecule has 2 aromatic carbocycles. The Morgan fingerprint density at radius 1 is 1.11 bits per heavy atom. The van der Waals surface area contributed by atoms with Crippen LogP contribution in [0.3, 0.4) is 0 Å². The minimum atomic E-state index is -0.394. The Morgan fingerprint density at radius 3 is 2.42 bits per heavy atom. The molecule has 0 spiro atoms. The van der Waals surface area contributed by atoms with Crippen LogP contribution in [0.15, 0.2) is 42.5 Å². The quantitative estimate of drug-likeness (QED) is 0.668. The fraction of sp³-hybridized carbons (Fsp3) is 0.200. The Balaban J connectivity index is 2.06.